The highest BCUT2D eigenvalue weighted by molar-refractivity contribution is 7.81. The van der Waals surface area contributed by atoms with Gasteiger partial charge < -0.3 is 14.4 Å². The fraction of sp³-hybridized carbons (Fsp3) is 0.429. The molecule has 1 atom stereocenters. The van der Waals surface area contributed by atoms with Gasteiger partial charge >= 0.3 is 10.4 Å². The van der Waals surface area contributed by atoms with Gasteiger partial charge in [0.05, 0.1) is 11.4 Å². The second kappa shape index (κ2) is 6.54. The molecule has 1 aliphatic rings. The lowest BCUT2D eigenvalue weighted by atomic mass is 9.88. The maximum Gasteiger partial charge on any atom is 0.446 e. The molecule has 2 aromatic rings. The molecular weight excluding hydrogens is 409 g/mol. The molecule has 0 radical (unpaired) electrons. The molecular formula is C14H15Cl2N3O6S. The van der Waals surface area contributed by atoms with Crippen molar-refractivity contribution in [2.45, 2.75) is 36.3 Å². The van der Waals surface area contributed by atoms with Crippen LogP contribution in [-0.4, -0.2) is 48.4 Å². The molecule has 0 spiro atoms. The number of benzene rings is 1. The summed E-state index contributed by atoms with van der Waals surface area (Å²) < 4.78 is 36.4. The average molecular weight is 424 g/mol. The van der Waals surface area contributed by atoms with Crippen molar-refractivity contribution < 1.29 is 27.4 Å². The zero-order valence-corrected chi connectivity index (χ0v) is 15.5. The molecule has 0 bridgehead atoms. The number of aromatic nitrogens is 3. The summed E-state index contributed by atoms with van der Waals surface area (Å²) in [4.78, 5) is 2.92. The maximum absolute atomic E-state index is 11.2. The number of halogens is 2. The average Bonchev–Trinajstić information content (AvgIpc) is 3.07. The van der Waals surface area contributed by atoms with Gasteiger partial charge in [-0.15, -0.1) is 11.6 Å². The van der Waals surface area contributed by atoms with Gasteiger partial charge in [0.25, 0.3) is 0 Å². The van der Waals surface area contributed by atoms with Crippen LogP contribution in [0.1, 0.15) is 18.4 Å². The van der Waals surface area contributed by atoms with E-state index < -0.39 is 32.4 Å². The van der Waals surface area contributed by atoms with E-state index in [-0.39, 0.29) is 23.6 Å². The Hall–Kier alpha value is -1.59. The minimum absolute atomic E-state index is 0.0300. The second-order valence-corrected chi connectivity index (χ2v) is 8.34. The zero-order chi connectivity index (χ0) is 19.2. The van der Waals surface area contributed by atoms with E-state index in [4.69, 9.17) is 27.8 Å². The van der Waals surface area contributed by atoms with E-state index in [0.29, 0.717) is 12.8 Å². The van der Waals surface area contributed by atoms with Crippen LogP contribution >= 0.6 is 23.2 Å². The van der Waals surface area contributed by atoms with Crippen LogP contribution in [0.25, 0.3) is 0 Å². The quantitative estimate of drug-likeness (QED) is 0.450. The number of rotatable bonds is 7. The Bertz CT molecular complexity index is 917. The normalized spacial score (nSPS) is 18.3. The number of alkyl halides is 1. The summed E-state index contributed by atoms with van der Waals surface area (Å²) in [6.45, 7) is 0.0300. The lowest BCUT2D eigenvalue weighted by molar-refractivity contribution is 0.00763. The molecule has 142 valence electrons. The summed E-state index contributed by atoms with van der Waals surface area (Å²) in [6, 6.07) is 2.18. The van der Waals surface area contributed by atoms with Gasteiger partial charge in [0.15, 0.2) is 11.5 Å². The van der Waals surface area contributed by atoms with Gasteiger partial charge in [-0.1, -0.05) is 11.6 Å². The van der Waals surface area contributed by atoms with Crippen LogP contribution in [-0.2, 0) is 23.4 Å². The minimum atomic E-state index is -4.84. The Morgan fingerprint density at radius 2 is 2.08 bits per heavy atom. The van der Waals surface area contributed by atoms with Gasteiger partial charge in [0.2, 0.25) is 0 Å². The van der Waals surface area contributed by atoms with E-state index in [2.05, 4.69) is 14.3 Å². The first-order chi connectivity index (χ1) is 12.0. The number of nitrogens with zero attached hydrogens (tertiary/aromatic N) is 3. The molecule has 1 aliphatic carbocycles. The first kappa shape index (κ1) is 19.2. The Kier molecular flexibility index (Phi) is 4.82. The fourth-order valence-corrected chi connectivity index (χ4v) is 3.54. The molecule has 3 rings (SSSR count). The molecule has 0 aliphatic heterocycles. The highest BCUT2D eigenvalue weighted by Crippen LogP contribution is 2.53. The minimum Gasteiger partial charge on any atom is -0.504 e. The molecule has 0 amide bonds. The predicted octanol–water partition coefficient (Wildman–Crippen LogP) is 1.56. The van der Waals surface area contributed by atoms with Crippen molar-refractivity contribution in [3.8, 4) is 11.5 Å². The highest BCUT2D eigenvalue weighted by atomic mass is 35.5. The zero-order valence-electron chi connectivity index (χ0n) is 13.2. The third-order valence-corrected chi connectivity index (χ3v) is 5.69. The molecule has 26 heavy (non-hydrogen) atoms. The molecule has 1 aromatic carbocycles. The van der Waals surface area contributed by atoms with Crippen LogP contribution in [0.15, 0.2) is 24.8 Å². The van der Waals surface area contributed by atoms with Gasteiger partial charge in [0, 0.05) is 17.5 Å². The van der Waals surface area contributed by atoms with Gasteiger partial charge in [-0.25, -0.2) is 9.67 Å². The topological polar surface area (TPSA) is 135 Å². The summed E-state index contributed by atoms with van der Waals surface area (Å²) in [7, 11) is -4.84. The summed E-state index contributed by atoms with van der Waals surface area (Å²) in [5.74, 6) is -1.10. The van der Waals surface area contributed by atoms with E-state index in [9.17, 15) is 18.6 Å². The van der Waals surface area contributed by atoms with Crippen molar-refractivity contribution in [1.82, 2.24) is 14.8 Å². The van der Waals surface area contributed by atoms with E-state index in [1.807, 2.05) is 0 Å². The van der Waals surface area contributed by atoms with Crippen LogP contribution in [0.4, 0.5) is 0 Å². The van der Waals surface area contributed by atoms with Crippen molar-refractivity contribution in [2.75, 3.05) is 0 Å². The molecule has 9 nitrogen and oxygen atoms in total. The number of aromatic hydroxyl groups is 1. The first-order valence-corrected chi connectivity index (χ1v) is 9.55. The van der Waals surface area contributed by atoms with Crippen molar-refractivity contribution in [1.29, 1.82) is 0 Å². The van der Waals surface area contributed by atoms with Crippen LogP contribution in [0.3, 0.4) is 0 Å². The molecule has 12 heteroatoms. The van der Waals surface area contributed by atoms with Crippen LogP contribution in [0.5, 0.6) is 11.5 Å². The van der Waals surface area contributed by atoms with Crippen LogP contribution in [0, 0.1) is 0 Å². The van der Waals surface area contributed by atoms with Gasteiger partial charge in [-0.3, -0.25) is 4.55 Å². The fourth-order valence-electron chi connectivity index (χ4n) is 2.73. The van der Waals surface area contributed by atoms with Crippen molar-refractivity contribution in [3.05, 3.63) is 35.4 Å². The van der Waals surface area contributed by atoms with Crippen molar-refractivity contribution >= 4 is 33.6 Å². The van der Waals surface area contributed by atoms with E-state index in [1.54, 1.807) is 0 Å². The Balaban J connectivity index is 1.95. The highest BCUT2D eigenvalue weighted by Gasteiger charge is 2.58. The standard InChI is InChI=1S/C14H15Cl2N3O6S/c15-10-4-11(20)12(25-26(22,23)24)3-9(10)5-14(21,13(16)1-2-13)6-19-8-17-7-18-19/h3-4,7-8,20-21H,1-2,5-6H2,(H,22,23,24). The summed E-state index contributed by atoms with van der Waals surface area (Å²) in [5, 5.41) is 25.0. The van der Waals surface area contributed by atoms with Gasteiger partial charge in [-0.05, 0) is 24.5 Å². The molecule has 1 unspecified atom stereocenters. The van der Waals surface area contributed by atoms with E-state index in [1.165, 1.54) is 17.3 Å². The molecule has 1 saturated carbocycles. The Morgan fingerprint density at radius 3 is 2.62 bits per heavy atom. The van der Waals surface area contributed by atoms with E-state index >= 15 is 0 Å². The molecule has 3 N–H and O–H groups in total. The lowest BCUT2D eigenvalue weighted by Crippen LogP contribution is -2.47. The third-order valence-electron chi connectivity index (χ3n) is 4.22. The number of hydrogen-bond donors (Lipinski definition) is 3. The van der Waals surface area contributed by atoms with Gasteiger partial charge in [0.1, 0.15) is 18.3 Å². The van der Waals surface area contributed by atoms with Crippen molar-refractivity contribution in [2.24, 2.45) is 0 Å². The third kappa shape index (κ3) is 4.04. The predicted molar refractivity (Wildman–Crippen MR) is 91.8 cm³/mol. The second-order valence-electron chi connectivity index (χ2n) is 6.19. The molecule has 1 aromatic heterocycles. The number of phenolic OH excluding ortho intramolecular Hbond substituents is 1. The summed E-state index contributed by atoms with van der Waals surface area (Å²) in [6.07, 6.45) is 3.82. The summed E-state index contributed by atoms with van der Waals surface area (Å²) in [5.41, 5.74) is -1.20. The lowest BCUT2D eigenvalue weighted by Gasteiger charge is -2.33. The van der Waals surface area contributed by atoms with Gasteiger partial charge in [-0.2, -0.15) is 13.5 Å². The largest absolute Gasteiger partial charge is 0.504 e. The smallest absolute Gasteiger partial charge is 0.446 e. The Labute approximate surface area is 159 Å². The van der Waals surface area contributed by atoms with Crippen LogP contribution in [0.2, 0.25) is 5.02 Å². The Morgan fingerprint density at radius 1 is 1.38 bits per heavy atom. The summed E-state index contributed by atoms with van der Waals surface area (Å²) >= 11 is 12.6. The number of phenols is 1. The van der Waals surface area contributed by atoms with Crippen LogP contribution < -0.4 is 4.18 Å². The maximum atomic E-state index is 11.2. The monoisotopic (exact) mass is 423 g/mol. The molecule has 1 fully saturated rings. The first-order valence-electron chi connectivity index (χ1n) is 7.43. The number of aliphatic hydroxyl groups is 1. The molecule has 1 heterocycles. The van der Waals surface area contributed by atoms with E-state index in [0.717, 1.165) is 12.1 Å². The molecule has 0 saturated heterocycles. The number of hydrogen-bond acceptors (Lipinski definition) is 7. The van der Waals surface area contributed by atoms with Crippen molar-refractivity contribution in [3.63, 3.8) is 0 Å². The SMILES string of the molecule is O=S(=O)(O)Oc1cc(CC(O)(Cn2cncn2)C2(Cl)CC2)c(Cl)cc1O.